The van der Waals surface area contributed by atoms with Gasteiger partial charge in [-0.25, -0.2) is 14.3 Å². The summed E-state index contributed by atoms with van der Waals surface area (Å²) in [5, 5.41) is 12.0. The van der Waals surface area contributed by atoms with Crippen molar-refractivity contribution in [2.24, 2.45) is 10.9 Å². The summed E-state index contributed by atoms with van der Waals surface area (Å²) in [6, 6.07) is 13.0. The minimum Gasteiger partial charge on any atom is -0.755 e. The number of hydrogen-bond acceptors (Lipinski definition) is 11. The minimum absolute atomic E-state index is 0.0157. The predicted octanol–water partition coefficient (Wildman–Crippen LogP) is 3.80. The lowest BCUT2D eigenvalue weighted by molar-refractivity contribution is 0.318. The number of benzene rings is 1. The molecule has 0 spiro atoms. The van der Waals surface area contributed by atoms with E-state index >= 15 is 0 Å². The zero-order valence-corrected chi connectivity index (χ0v) is 22.5. The molecule has 0 bridgehead atoms. The van der Waals surface area contributed by atoms with Gasteiger partial charge in [0, 0.05) is 18.0 Å². The van der Waals surface area contributed by atoms with Crippen LogP contribution in [-0.4, -0.2) is 54.0 Å². The number of allylic oxidation sites excluding steroid dienone is 1. The largest absolute Gasteiger partial charge is 0.755 e. The summed E-state index contributed by atoms with van der Waals surface area (Å²) in [5.41, 5.74) is 7.67. The molecule has 3 aromatic heterocycles. The number of oxime groups is 1. The van der Waals surface area contributed by atoms with Crippen molar-refractivity contribution in [1.29, 1.82) is 0 Å². The van der Waals surface area contributed by atoms with Gasteiger partial charge in [-0.2, -0.15) is 4.98 Å². The summed E-state index contributed by atoms with van der Waals surface area (Å²) in [7, 11) is 2.81. The first-order valence-corrected chi connectivity index (χ1v) is 12.5. The van der Waals surface area contributed by atoms with Gasteiger partial charge in [-0.1, -0.05) is 23.9 Å². The Morgan fingerprint density at radius 2 is 1.85 bits per heavy atom. The second-order valence-corrected chi connectivity index (χ2v) is 8.87. The topological polar surface area (TPSA) is 181 Å². The van der Waals surface area contributed by atoms with E-state index in [2.05, 4.69) is 31.7 Å². The molecule has 14 heteroatoms. The van der Waals surface area contributed by atoms with Gasteiger partial charge in [0.15, 0.2) is 29.0 Å². The first-order valence-electron chi connectivity index (χ1n) is 11.5. The molecule has 0 aliphatic carbocycles. The van der Waals surface area contributed by atoms with E-state index in [1.54, 1.807) is 43.3 Å². The lowest BCUT2D eigenvalue weighted by Crippen LogP contribution is -2.23. The molecular formula is C26H24N7O6S-. The second kappa shape index (κ2) is 12.2. The Labute approximate surface area is 232 Å². The third-order valence-electron chi connectivity index (χ3n) is 5.47. The molecule has 1 atom stereocenters. The quantitative estimate of drug-likeness (QED) is 0.0943. The van der Waals surface area contributed by atoms with Crippen LogP contribution in [-0.2, 0) is 11.3 Å². The Balaban J connectivity index is 1.98. The third kappa shape index (κ3) is 5.82. The Hall–Kier alpha value is -5.08. The van der Waals surface area contributed by atoms with Crippen LogP contribution in [0.3, 0.4) is 0 Å². The molecule has 0 amide bonds. The van der Waals surface area contributed by atoms with Gasteiger partial charge in [0.05, 0.1) is 25.5 Å². The van der Waals surface area contributed by atoms with Crippen molar-refractivity contribution >= 4 is 34.3 Å². The van der Waals surface area contributed by atoms with Crippen molar-refractivity contribution in [2.45, 2.75) is 6.92 Å². The SMILES string of the molecule is C=C(C)c1ccc(N(c2nc(-c3ccnc(C(N)=NO)c3)nc(OC)c2Oc2ccccc2OC)S(=O)[O-])nc1. The average molecular weight is 563 g/mol. The highest BCUT2D eigenvalue weighted by atomic mass is 32.2. The molecule has 206 valence electrons. The van der Waals surface area contributed by atoms with E-state index in [1.807, 2.05) is 0 Å². The Morgan fingerprint density at radius 1 is 1.10 bits per heavy atom. The first-order chi connectivity index (χ1) is 19.3. The van der Waals surface area contributed by atoms with E-state index in [9.17, 15) is 8.76 Å². The van der Waals surface area contributed by atoms with Gasteiger partial charge in [0.1, 0.15) is 11.5 Å². The molecule has 0 saturated heterocycles. The maximum Gasteiger partial charge on any atom is 0.263 e. The number of nitrogens with two attached hydrogens (primary N) is 1. The fraction of sp³-hybridized carbons (Fsp3) is 0.115. The van der Waals surface area contributed by atoms with E-state index in [0.29, 0.717) is 11.3 Å². The van der Waals surface area contributed by atoms with Crippen LogP contribution in [0.2, 0.25) is 0 Å². The molecule has 3 N–H and O–H groups in total. The van der Waals surface area contributed by atoms with E-state index in [1.165, 1.54) is 38.7 Å². The molecule has 0 aliphatic rings. The molecule has 0 aliphatic heterocycles. The van der Waals surface area contributed by atoms with Gasteiger partial charge < -0.3 is 29.7 Å². The van der Waals surface area contributed by atoms with Crippen LogP contribution < -0.4 is 24.2 Å². The molecule has 40 heavy (non-hydrogen) atoms. The van der Waals surface area contributed by atoms with Crippen molar-refractivity contribution in [3.63, 3.8) is 0 Å². The van der Waals surface area contributed by atoms with Gasteiger partial charge in [-0.15, -0.1) is 0 Å². The van der Waals surface area contributed by atoms with Gasteiger partial charge >= 0.3 is 0 Å². The molecule has 4 rings (SSSR count). The molecule has 0 fully saturated rings. The van der Waals surface area contributed by atoms with Crippen molar-refractivity contribution in [3.05, 3.63) is 78.8 Å². The average Bonchev–Trinajstić information content (AvgIpc) is 2.97. The van der Waals surface area contributed by atoms with Gasteiger partial charge in [-0.3, -0.25) is 9.19 Å². The van der Waals surface area contributed by atoms with Crippen LogP contribution in [0.15, 0.2) is 72.7 Å². The number of para-hydroxylation sites is 2. The lowest BCUT2D eigenvalue weighted by Gasteiger charge is -2.27. The number of hydrogen-bond donors (Lipinski definition) is 2. The van der Waals surface area contributed by atoms with Crippen LogP contribution >= 0.6 is 0 Å². The molecular weight excluding hydrogens is 538 g/mol. The summed E-state index contributed by atoms with van der Waals surface area (Å²) in [4.78, 5) is 17.3. The predicted molar refractivity (Wildman–Crippen MR) is 147 cm³/mol. The number of amidine groups is 1. The lowest BCUT2D eigenvalue weighted by atomic mass is 10.1. The summed E-state index contributed by atoms with van der Waals surface area (Å²) in [6.07, 6.45) is 2.89. The maximum atomic E-state index is 12.7. The maximum absolute atomic E-state index is 12.7. The minimum atomic E-state index is -2.93. The number of nitrogens with zero attached hydrogens (tertiary/aromatic N) is 6. The molecule has 1 aromatic carbocycles. The first kappa shape index (κ1) is 27.9. The van der Waals surface area contributed by atoms with E-state index in [-0.39, 0.29) is 46.4 Å². The smallest absolute Gasteiger partial charge is 0.263 e. The zero-order chi connectivity index (χ0) is 28.8. The van der Waals surface area contributed by atoms with Gasteiger partial charge in [-0.05, 0) is 54.5 Å². The molecule has 3 heterocycles. The summed E-state index contributed by atoms with van der Waals surface area (Å²) in [6.45, 7) is 5.69. The summed E-state index contributed by atoms with van der Waals surface area (Å²) in [5.74, 6) is -0.00620. The van der Waals surface area contributed by atoms with Crippen LogP contribution in [0.1, 0.15) is 18.2 Å². The van der Waals surface area contributed by atoms with Crippen LogP contribution in [0.25, 0.3) is 17.0 Å². The number of pyridine rings is 2. The highest BCUT2D eigenvalue weighted by molar-refractivity contribution is 7.81. The monoisotopic (exact) mass is 562 g/mol. The molecule has 13 nitrogen and oxygen atoms in total. The Morgan fingerprint density at radius 3 is 2.45 bits per heavy atom. The normalized spacial score (nSPS) is 11.9. The molecule has 1 unspecified atom stereocenters. The third-order valence-corrected chi connectivity index (χ3v) is 6.13. The Kier molecular flexibility index (Phi) is 8.51. The van der Waals surface area contributed by atoms with E-state index in [0.717, 1.165) is 15.4 Å². The zero-order valence-electron chi connectivity index (χ0n) is 21.6. The summed E-state index contributed by atoms with van der Waals surface area (Å²) < 4.78 is 43.3. The second-order valence-electron chi connectivity index (χ2n) is 8.07. The number of anilines is 2. The van der Waals surface area contributed by atoms with Crippen molar-refractivity contribution < 1.29 is 28.2 Å². The summed E-state index contributed by atoms with van der Waals surface area (Å²) >= 11 is -2.93. The Bertz CT molecular complexity index is 1600. The van der Waals surface area contributed by atoms with E-state index < -0.39 is 11.3 Å². The fourth-order valence-corrected chi connectivity index (χ4v) is 4.03. The van der Waals surface area contributed by atoms with Crippen LogP contribution in [0.4, 0.5) is 11.6 Å². The molecule has 0 radical (unpaired) electrons. The molecule has 0 saturated carbocycles. The van der Waals surface area contributed by atoms with Crippen molar-refractivity contribution in [3.8, 4) is 34.5 Å². The van der Waals surface area contributed by atoms with Crippen molar-refractivity contribution in [1.82, 2.24) is 19.9 Å². The van der Waals surface area contributed by atoms with Crippen LogP contribution in [0, 0.1) is 0 Å². The number of aromatic nitrogens is 4. The highest BCUT2D eigenvalue weighted by Gasteiger charge is 2.27. The van der Waals surface area contributed by atoms with Crippen molar-refractivity contribution in [2.75, 3.05) is 18.5 Å². The van der Waals surface area contributed by atoms with Gasteiger partial charge in [0.2, 0.25) is 5.75 Å². The molecule has 4 aromatic rings. The van der Waals surface area contributed by atoms with Gasteiger partial charge in [0.25, 0.3) is 5.88 Å². The standard InChI is InChI=1S/C26H25N7O6S/c1-15(2)17-9-10-21(29-14-17)33(40(35)36)25-22(39-20-8-6-5-7-19(20)37-3)26(38-4)31-24(30-25)16-11-12-28-18(13-16)23(27)32-34/h5-14,34H,1H2,2-4H3,(H2,27,32)(H,35,36)/p-1. The number of ether oxygens (including phenoxy) is 3. The fourth-order valence-electron chi connectivity index (χ4n) is 3.50. The number of methoxy groups -OCH3 is 2. The van der Waals surface area contributed by atoms with Crippen LogP contribution in [0.5, 0.6) is 23.1 Å². The van der Waals surface area contributed by atoms with E-state index in [4.69, 9.17) is 25.2 Å². The number of rotatable bonds is 10. The highest BCUT2D eigenvalue weighted by Crippen LogP contribution is 2.44.